The fourth-order valence-corrected chi connectivity index (χ4v) is 4.44. The van der Waals surface area contributed by atoms with Gasteiger partial charge in [-0.25, -0.2) is 0 Å². The van der Waals surface area contributed by atoms with Crippen molar-refractivity contribution in [1.82, 2.24) is 6.15 Å². The summed E-state index contributed by atoms with van der Waals surface area (Å²) < 4.78 is 5.80. The van der Waals surface area contributed by atoms with Crippen molar-refractivity contribution < 1.29 is 4.74 Å². The molecule has 3 N–H and O–H groups in total. The maximum atomic E-state index is 5.80. The standard InChI is InChI=1S/C26H39NOS.H3N/c1-4-5-6-7-8-9-13-16-25-17-18-26(29-25)23(3)27-22(2)19-20-28-21-24-14-11-10-12-15-24;/h10-12,14-15,17-18,22H,4-9,13,16,19-21H2,1-3H3;1H3. The molecule has 0 bridgehead atoms. The normalized spacial score (nSPS) is 12.6. The lowest BCUT2D eigenvalue weighted by Gasteiger charge is -2.09. The van der Waals surface area contributed by atoms with Gasteiger partial charge in [-0.2, -0.15) is 0 Å². The van der Waals surface area contributed by atoms with Gasteiger partial charge in [-0.05, 0) is 50.8 Å². The maximum absolute atomic E-state index is 5.80. The summed E-state index contributed by atoms with van der Waals surface area (Å²) >= 11 is 1.92. The molecule has 2 aromatic rings. The molecule has 1 heterocycles. The summed E-state index contributed by atoms with van der Waals surface area (Å²) in [6, 6.07) is 15.2. The molecule has 0 radical (unpaired) electrons. The molecule has 4 heteroatoms. The lowest BCUT2D eigenvalue weighted by atomic mass is 10.1. The summed E-state index contributed by atoms with van der Waals surface area (Å²) in [7, 11) is 0. The molecule has 2 rings (SSSR count). The second kappa shape index (κ2) is 16.2. The van der Waals surface area contributed by atoms with Crippen molar-refractivity contribution in [2.45, 2.75) is 91.2 Å². The Hall–Kier alpha value is -1.49. The largest absolute Gasteiger partial charge is 0.377 e. The van der Waals surface area contributed by atoms with Crippen LogP contribution in [0.4, 0.5) is 0 Å². The van der Waals surface area contributed by atoms with Gasteiger partial charge in [0, 0.05) is 28.1 Å². The Labute approximate surface area is 188 Å². The van der Waals surface area contributed by atoms with Crippen LogP contribution < -0.4 is 6.15 Å². The quantitative estimate of drug-likeness (QED) is 0.230. The van der Waals surface area contributed by atoms with E-state index in [0.29, 0.717) is 12.6 Å². The number of rotatable bonds is 15. The topological polar surface area (TPSA) is 56.6 Å². The zero-order chi connectivity index (χ0) is 20.7. The predicted molar refractivity (Wildman–Crippen MR) is 133 cm³/mol. The van der Waals surface area contributed by atoms with E-state index in [9.17, 15) is 0 Å². The molecule has 0 saturated heterocycles. The molecule has 0 spiro atoms. The molecule has 0 aliphatic heterocycles. The molecule has 0 aliphatic carbocycles. The van der Waals surface area contributed by atoms with E-state index in [1.807, 2.05) is 17.4 Å². The third-order valence-electron chi connectivity index (χ3n) is 5.25. The van der Waals surface area contributed by atoms with Crippen molar-refractivity contribution in [2.24, 2.45) is 4.99 Å². The molecule has 1 aromatic heterocycles. The van der Waals surface area contributed by atoms with Crippen molar-refractivity contribution >= 4 is 17.0 Å². The third kappa shape index (κ3) is 11.1. The van der Waals surface area contributed by atoms with Crippen LogP contribution in [-0.4, -0.2) is 18.4 Å². The average molecular weight is 431 g/mol. The summed E-state index contributed by atoms with van der Waals surface area (Å²) in [6.07, 6.45) is 11.8. The van der Waals surface area contributed by atoms with Crippen molar-refractivity contribution in [3.8, 4) is 0 Å². The lowest BCUT2D eigenvalue weighted by molar-refractivity contribution is 0.115. The molecule has 1 aromatic carbocycles. The van der Waals surface area contributed by atoms with Gasteiger partial charge in [-0.15, -0.1) is 11.3 Å². The molecular weight excluding hydrogens is 388 g/mol. The summed E-state index contributed by atoms with van der Waals surface area (Å²) in [4.78, 5) is 7.71. The monoisotopic (exact) mass is 430 g/mol. The van der Waals surface area contributed by atoms with E-state index in [4.69, 9.17) is 9.73 Å². The fourth-order valence-electron chi connectivity index (χ4n) is 3.44. The fraction of sp³-hybridized carbons (Fsp3) is 0.577. The number of hydrogen-bond donors (Lipinski definition) is 1. The molecule has 168 valence electrons. The summed E-state index contributed by atoms with van der Waals surface area (Å²) in [6.45, 7) is 8.04. The number of aryl methyl sites for hydroxylation is 1. The van der Waals surface area contributed by atoms with E-state index in [2.05, 4.69) is 57.2 Å². The Bertz CT molecular complexity index is 696. The number of benzene rings is 1. The van der Waals surface area contributed by atoms with Gasteiger partial charge in [0.05, 0.1) is 6.61 Å². The Morgan fingerprint density at radius 3 is 2.40 bits per heavy atom. The number of nitrogens with zero attached hydrogens (tertiary/aromatic N) is 1. The molecule has 3 nitrogen and oxygen atoms in total. The Kier molecular flexibility index (Phi) is 14.4. The molecule has 0 aliphatic rings. The van der Waals surface area contributed by atoms with Crippen molar-refractivity contribution in [3.63, 3.8) is 0 Å². The predicted octanol–water partition coefficient (Wildman–Crippen LogP) is 8.01. The molecule has 0 saturated carbocycles. The first-order valence-corrected chi connectivity index (χ1v) is 12.3. The first-order valence-electron chi connectivity index (χ1n) is 11.4. The van der Waals surface area contributed by atoms with Crippen molar-refractivity contribution in [2.75, 3.05) is 6.61 Å². The SMILES string of the molecule is CCCCCCCCCc1ccc(C(C)=NC(C)CCOCc2ccccc2)s1.N. The van der Waals surface area contributed by atoms with E-state index < -0.39 is 0 Å². The van der Waals surface area contributed by atoms with Crippen LogP contribution in [0, 0.1) is 0 Å². The molecule has 1 atom stereocenters. The highest BCUT2D eigenvalue weighted by molar-refractivity contribution is 7.14. The van der Waals surface area contributed by atoms with Gasteiger partial charge in [0.2, 0.25) is 0 Å². The molecule has 0 amide bonds. The lowest BCUT2D eigenvalue weighted by Crippen LogP contribution is -2.07. The summed E-state index contributed by atoms with van der Waals surface area (Å²) in [5.74, 6) is 0. The second-order valence-electron chi connectivity index (χ2n) is 8.03. The van der Waals surface area contributed by atoms with E-state index >= 15 is 0 Å². The van der Waals surface area contributed by atoms with Gasteiger partial charge in [-0.1, -0.05) is 75.8 Å². The molecule has 30 heavy (non-hydrogen) atoms. The number of ether oxygens (including phenoxy) is 1. The van der Waals surface area contributed by atoms with Gasteiger partial charge in [0.15, 0.2) is 0 Å². The third-order valence-corrected chi connectivity index (χ3v) is 6.50. The Morgan fingerprint density at radius 1 is 0.967 bits per heavy atom. The van der Waals surface area contributed by atoms with Crippen LogP contribution in [-0.2, 0) is 17.8 Å². The number of hydrogen-bond acceptors (Lipinski definition) is 4. The average Bonchev–Trinajstić information content (AvgIpc) is 3.20. The van der Waals surface area contributed by atoms with E-state index in [0.717, 1.165) is 18.7 Å². The smallest absolute Gasteiger partial charge is 0.0716 e. The highest BCUT2D eigenvalue weighted by atomic mass is 32.1. The number of unbranched alkanes of at least 4 members (excludes halogenated alkanes) is 6. The van der Waals surface area contributed by atoms with Crippen LogP contribution >= 0.6 is 11.3 Å². The summed E-state index contributed by atoms with van der Waals surface area (Å²) in [5, 5.41) is 0. The maximum Gasteiger partial charge on any atom is 0.0716 e. The van der Waals surface area contributed by atoms with Crippen LogP contribution in [0.15, 0.2) is 47.5 Å². The molecular formula is C26H42N2OS. The molecule has 0 fully saturated rings. The van der Waals surface area contributed by atoms with Crippen LogP contribution in [0.5, 0.6) is 0 Å². The minimum atomic E-state index is 0. The Balaban J connectivity index is 0.00000450. The van der Waals surface area contributed by atoms with E-state index in [-0.39, 0.29) is 6.15 Å². The van der Waals surface area contributed by atoms with Crippen LogP contribution in [0.3, 0.4) is 0 Å². The first-order chi connectivity index (χ1) is 14.2. The van der Waals surface area contributed by atoms with E-state index in [1.54, 1.807) is 0 Å². The van der Waals surface area contributed by atoms with E-state index in [1.165, 1.54) is 66.7 Å². The van der Waals surface area contributed by atoms with Crippen LogP contribution in [0.25, 0.3) is 0 Å². The minimum Gasteiger partial charge on any atom is -0.377 e. The van der Waals surface area contributed by atoms with Gasteiger partial charge < -0.3 is 10.9 Å². The number of aliphatic imine (C=N–C) groups is 1. The van der Waals surface area contributed by atoms with Crippen LogP contribution in [0.1, 0.15) is 87.5 Å². The van der Waals surface area contributed by atoms with Gasteiger partial charge in [0.1, 0.15) is 0 Å². The van der Waals surface area contributed by atoms with Crippen LogP contribution in [0.2, 0.25) is 0 Å². The van der Waals surface area contributed by atoms with Gasteiger partial charge in [-0.3, -0.25) is 4.99 Å². The summed E-state index contributed by atoms with van der Waals surface area (Å²) in [5.41, 5.74) is 2.39. The van der Waals surface area contributed by atoms with Gasteiger partial charge in [0.25, 0.3) is 0 Å². The zero-order valence-corrected chi connectivity index (χ0v) is 20.2. The number of thiophene rings is 1. The first kappa shape index (κ1) is 26.5. The molecule has 1 unspecified atom stereocenters. The zero-order valence-electron chi connectivity index (χ0n) is 19.4. The minimum absolute atomic E-state index is 0. The highest BCUT2D eigenvalue weighted by Gasteiger charge is 2.06. The van der Waals surface area contributed by atoms with Crippen molar-refractivity contribution in [3.05, 3.63) is 57.8 Å². The van der Waals surface area contributed by atoms with Crippen molar-refractivity contribution in [1.29, 1.82) is 0 Å². The Morgan fingerprint density at radius 2 is 1.67 bits per heavy atom. The highest BCUT2D eigenvalue weighted by Crippen LogP contribution is 2.21. The second-order valence-corrected chi connectivity index (χ2v) is 9.20. The van der Waals surface area contributed by atoms with Gasteiger partial charge >= 0.3 is 0 Å².